The molecule has 0 bridgehead atoms. The largest absolute Gasteiger partial charge is 0.389 e. The van der Waals surface area contributed by atoms with E-state index >= 15 is 0 Å². The number of anilines is 3. The number of hydrogen-bond donors (Lipinski definition) is 2. The zero-order valence-electron chi connectivity index (χ0n) is 8.61. The minimum atomic E-state index is 0.0568. The van der Waals surface area contributed by atoms with E-state index in [1.165, 1.54) is 11.1 Å². The molecule has 0 radical (unpaired) electrons. The number of aryl methyl sites for hydroxylation is 2. The van der Waals surface area contributed by atoms with Gasteiger partial charge in [-0.3, -0.25) is 0 Å². The lowest BCUT2D eigenvalue weighted by Crippen LogP contribution is -1.91. The van der Waals surface area contributed by atoms with Crippen LogP contribution in [0.1, 0.15) is 11.1 Å². The summed E-state index contributed by atoms with van der Waals surface area (Å²) >= 11 is 0. The fourth-order valence-electron chi connectivity index (χ4n) is 1.23. The fraction of sp³-hybridized carbons (Fsp3) is 0.200. The van der Waals surface area contributed by atoms with E-state index < -0.39 is 0 Å². The predicted molar refractivity (Wildman–Crippen MR) is 57.9 cm³/mol. The molecule has 1 aromatic carbocycles. The smallest absolute Gasteiger partial charge is 0.321 e. The maximum Gasteiger partial charge on any atom is 0.321 e. The first-order chi connectivity index (χ1) is 7.15. The first kappa shape index (κ1) is 9.51. The molecule has 0 spiro atoms. The van der Waals surface area contributed by atoms with Gasteiger partial charge in [-0.2, -0.15) is 0 Å². The highest BCUT2D eigenvalue weighted by Gasteiger charge is 2.03. The second-order valence-electron chi connectivity index (χ2n) is 3.37. The second kappa shape index (κ2) is 3.61. The van der Waals surface area contributed by atoms with Gasteiger partial charge in [0, 0.05) is 5.69 Å². The van der Waals surface area contributed by atoms with E-state index in [0.29, 0.717) is 6.01 Å². The van der Waals surface area contributed by atoms with Crippen molar-refractivity contribution in [1.82, 2.24) is 10.2 Å². The molecule has 0 aliphatic carbocycles. The molecule has 0 amide bonds. The summed E-state index contributed by atoms with van der Waals surface area (Å²) in [4.78, 5) is 0. The predicted octanol–water partition coefficient (Wildman–Crippen LogP) is 2.01. The number of nitrogens with two attached hydrogens (primary N) is 1. The minimum absolute atomic E-state index is 0.0568. The van der Waals surface area contributed by atoms with Crippen LogP contribution in [0.5, 0.6) is 0 Å². The lowest BCUT2D eigenvalue weighted by atomic mass is 10.1. The molecule has 0 aliphatic heterocycles. The van der Waals surface area contributed by atoms with E-state index in [4.69, 9.17) is 10.2 Å². The number of hydrogen-bond acceptors (Lipinski definition) is 5. The molecular weight excluding hydrogens is 192 g/mol. The molecule has 2 aromatic rings. The van der Waals surface area contributed by atoms with Crippen molar-refractivity contribution in [2.24, 2.45) is 0 Å². The normalized spacial score (nSPS) is 10.3. The molecule has 1 aromatic heterocycles. The van der Waals surface area contributed by atoms with Gasteiger partial charge >= 0.3 is 12.0 Å². The quantitative estimate of drug-likeness (QED) is 0.782. The Labute approximate surface area is 87.3 Å². The lowest BCUT2D eigenvalue weighted by molar-refractivity contribution is 0.593. The Hall–Kier alpha value is -2.04. The van der Waals surface area contributed by atoms with Crippen LogP contribution in [0.2, 0.25) is 0 Å². The van der Waals surface area contributed by atoms with Crippen LogP contribution in [0, 0.1) is 13.8 Å². The van der Waals surface area contributed by atoms with Crippen molar-refractivity contribution in [3.05, 3.63) is 29.3 Å². The van der Waals surface area contributed by atoms with Gasteiger partial charge in [-0.1, -0.05) is 16.3 Å². The Kier molecular flexibility index (Phi) is 2.29. The number of nitrogen functional groups attached to an aromatic ring is 1. The molecule has 78 valence electrons. The Morgan fingerprint density at radius 1 is 1.20 bits per heavy atom. The van der Waals surface area contributed by atoms with Crippen molar-refractivity contribution in [3.8, 4) is 0 Å². The molecule has 0 fully saturated rings. The first-order valence-corrected chi connectivity index (χ1v) is 4.58. The van der Waals surface area contributed by atoms with Crippen LogP contribution in [0.4, 0.5) is 17.7 Å². The van der Waals surface area contributed by atoms with Crippen LogP contribution in [-0.4, -0.2) is 10.2 Å². The molecule has 3 N–H and O–H groups in total. The monoisotopic (exact) mass is 204 g/mol. The van der Waals surface area contributed by atoms with Crippen molar-refractivity contribution >= 4 is 17.7 Å². The van der Waals surface area contributed by atoms with Crippen LogP contribution >= 0.6 is 0 Å². The number of rotatable bonds is 2. The molecular formula is C10H12N4O. The average molecular weight is 204 g/mol. The number of benzene rings is 1. The molecule has 0 saturated heterocycles. The summed E-state index contributed by atoms with van der Waals surface area (Å²) < 4.78 is 5.00. The topological polar surface area (TPSA) is 77.0 Å². The average Bonchev–Trinajstić information content (AvgIpc) is 2.58. The highest BCUT2D eigenvalue weighted by atomic mass is 16.4. The van der Waals surface area contributed by atoms with Crippen molar-refractivity contribution in [2.75, 3.05) is 11.1 Å². The van der Waals surface area contributed by atoms with Gasteiger partial charge in [0.05, 0.1) is 0 Å². The summed E-state index contributed by atoms with van der Waals surface area (Å²) in [5, 5.41) is 10.2. The van der Waals surface area contributed by atoms with Gasteiger partial charge in [0.1, 0.15) is 0 Å². The van der Waals surface area contributed by atoms with Gasteiger partial charge < -0.3 is 15.5 Å². The molecule has 2 rings (SSSR count). The highest BCUT2D eigenvalue weighted by molar-refractivity contribution is 5.54. The third kappa shape index (κ3) is 2.07. The van der Waals surface area contributed by atoms with E-state index in [-0.39, 0.29) is 6.01 Å². The zero-order chi connectivity index (χ0) is 10.8. The van der Waals surface area contributed by atoms with E-state index in [2.05, 4.69) is 22.4 Å². The SMILES string of the molecule is Cc1ccc(Nc2nnc(N)o2)cc1C. The third-order valence-corrected chi connectivity index (χ3v) is 2.20. The Morgan fingerprint density at radius 3 is 2.60 bits per heavy atom. The summed E-state index contributed by atoms with van der Waals surface area (Å²) in [5.41, 5.74) is 8.65. The zero-order valence-corrected chi connectivity index (χ0v) is 8.61. The molecule has 15 heavy (non-hydrogen) atoms. The van der Waals surface area contributed by atoms with Crippen LogP contribution in [-0.2, 0) is 0 Å². The molecule has 5 heteroatoms. The summed E-state index contributed by atoms with van der Waals surface area (Å²) in [6, 6.07) is 6.34. The highest BCUT2D eigenvalue weighted by Crippen LogP contribution is 2.18. The number of nitrogens with zero attached hydrogens (tertiary/aromatic N) is 2. The van der Waals surface area contributed by atoms with Crippen LogP contribution in [0.3, 0.4) is 0 Å². The van der Waals surface area contributed by atoms with E-state index in [0.717, 1.165) is 5.69 Å². The molecule has 0 atom stereocenters. The van der Waals surface area contributed by atoms with Gasteiger partial charge in [-0.25, -0.2) is 0 Å². The van der Waals surface area contributed by atoms with Crippen molar-refractivity contribution in [2.45, 2.75) is 13.8 Å². The third-order valence-electron chi connectivity index (χ3n) is 2.20. The molecule has 0 aliphatic rings. The van der Waals surface area contributed by atoms with Crippen LogP contribution in [0.25, 0.3) is 0 Å². The first-order valence-electron chi connectivity index (χ1n) is 4.58. The number of nitrogens with one attached hydrogen (secondary N) is 1. The van der Waals surface area contributed by atoms with E-state index in [1.807, 2.05) is 25.1 Å². The summed E-state index contributed by atoms with van der Waals surface area (Å²) in [7, 11) is 0. The Morgan fingerprint density at radius 2 is 2.00 bits per heavy atom. The molecule has 0 saturated carbocycles. The minimum Gasteiger partial charge on any atom is -0.389 e. The second-order valence-corrected chi connectivity index (χ2v) is 3.37. The fourth-order valence-corrected chi connectivity index (χ4v) is 1.23. The van der Waals surface area contributed by atoms with Crippen molar-refractivity contribution < 1.29 is 4.42 Å². The molecule has 1 heterocycles. The van der Waals surface area contributed by atoms with Crippen molar-refractivity contribution in [1.29, 1.82) is 0 Å². The standard InChI is InChI=1S/C10H12N4O/c1-6-3-4-8(5-7(6)2)12-10-14-13-9(11)15-10/h3-5H,1-2H3,(H2,11,13)(H,12,14). The number of aromatic nitrogens is 2. The Bertz CT molecular complexity index is 478. The van der Waals surface area contributed by atoms with Crippen molar-refractivity contribution in [3.63, 3.8) is 0 Å². The van der Waals surface area contributed by atoms with Crippen LogP contribution in [0.15, 0.2) is 22.6 Å². The summed E-state index contributed by atoms with van der Waals surface area (Å²) in [6.45, 7) is 4.10. The molecule has 5 nitrogen and oxygen atoms in total. The lowest BCUT2D eigenvalue weighted by Gasteiger charge is -2.04. The molecule has 0 unspecified atom stereocenters. The van der Waals surface area contributed by atoms with E-state index in [1.54, 1.807) is 0 Å². The van der Waals surface area contributed by atoms with Crippen LogP contribution < -0.4 is 11.1 Å². The van der Waals surface area contributed by atoms with Gasteiger partial charge in [0.2, 0.25) is 0 Å². The Balaban J connectivity index is 2.21. The van der Waals surface area contributed by atoms with Gasteiger partial charge in [-0.15, -0.1) is 0 Å². The van der Waals surface area contributed by atoms with E-state index in [9.17, 15) is 0 Å². The summed E-state index contributed by atoms with van der Waals surface area (Å²) in [6.07, 6.45) is 0. The van der Waals surface area contributed by atoms with Gasteiger partial charge in [0.25, 0.3) is 0 Å². The maximum atomic E-state index is 5.31. The maximum absolute atomic E-state index is 5.31. The van der Waals surface area contributed by atoms with Gasteiger partial charge in [0.15, 0.2) is 0 Å². The van der Waals surface area contributed by atoms with Gasteiger partial charge in [-0.05, 0) is 37.1 Å². The summed E-state index contributed by atoms with van der Waals surface area (Å²) in [5.74, 6) is 0.